The molecule has 0 radical (unpaired) electrons. The molecule has 2 aromatic carbocycles. The Morgan fingerprint density at radius 3 is 2.88 bits per heavy atom. The monoisotopic (exact) mass is 356 g/mol. The fourth-order valence-electron chi connectivity index (χ4n) is 3.56. The van der Waals surface area contributed by atoms with E-state index < -0.39 is 0 Å². The Morgan fingerprint density at radius 2 is 2.08 bits per heavy atom. The van der Waals surface area contributed by atoms with Gasteiger partial charge in [-0.15, -0.1) is 0 Å². The average molecular weight is 356 g/mol. The van der Waals surface area contributed by atoms with Crippen LogP contribution in [0.15, 0.2) is 36.4 Å². The van der Waals surface area contributed by atoms with Gasteiger partial charge in [0.25, 0.3) is 5.91 Å². The maximum atomic E-state index is 12.9. The van der Waals surface area contributed by atoms with Gasteiger partial charge in [-0.2, -0.15) is 11.8 Å². The average Bonchev–Trinajstić information content (AvgIpc) is 2.91. The summed E-state index contributed by atoms with van der Waals surface area (Å²) < 4.78 is 5.23. The first-order chi connectivity index (χ1) is 12.2. The van der Waals surface area contributed by atoms with E-state index in [2.05, 4.69) is 4.90 Å². The quantitative estimate of drug-likeness (QED) is 0.789. The Balaban J connectivity index is 1.64. The summed E-state index contributed by atoms with van der Waals surface area (Å²) >= 11 is 1.76. The maximum absolute atomic E-state index is 12.9. The number of carbonyl (C=O) groups is 2. The molecule has 1 saturated heterocycles. The molecule has 5 nitrogen and oxygen atoms in total. The number of rotatable bonds is 4. The third-order valence-electron chi connectivity index (χ3n) is 4.77. The van der Waals surface area contributed by atoms with Crippen molar-refractivity contribution in [1.29, 1.82) is 0 Å². The molecule has 25 heavy (non-hydrogen) atoms. The topological polar surface area (TPSA) is 49.9 Å². The summed E-state index contributed by atoms with van der Waals surface area (Å²) in [7, 11) is 0. The molecule has 0 unspecified atom stereocenters. The van der Waals surface area contributed by atoms with Gasteiger partial charge in [0, 0.05) is 29.0 Å². The fourth-order valence-corrected chi connectivity index (χ4v) is 4.66. The van der Waals surface area contributed by atoms with E-state index in [1.807, 2.05) is 43.3 Å². The number of nitrogens with zero attached hydrogens (tertiary/aromatic N) is 2. The second kappa shape index (κ2) is 6.69. The zero-order valence-electron chi connectivity index (χ0n) is 14.1. The highest BCUT2D eigenvalue weighted by Crippen LogP contribution is 2.37. The van der Waals surface area contributed by atoms with Crippen molar-refractivity contribution in [3.63, 3.8) is 0 Å². The second-order valence-corrected chi connectivity index (χ2v) is 7.36. The molecule has 0 saturated carbocycles. The van der Waals surface area contributed by atoms with Crippen LogP contribution >= 0.6 is 11.8 Å². The highest BCUT2D eigenvalue weighted by Gasteiger charge is 2.36. The molecule has 1 fully saturated rings. The summed E-state index contributed by atoms with van der Waals surface area (Å²) in [4.78, 5) is 29.1. The first-order valence-corrected chi connectivity index (χ1v) is 9.68. The molecule has 0 aromatic heterocycles. The van der Waals surface area contributed by atoms with Crippen molar-refractivity contribution in [1.82, 2.24) is 4.90 Å². The Bertz CT molecular complexity index is 833. The maximum Gasteiger partial charge on any atom is 0.324 e. The van der Waals surface area contributed by atoms with E-state index in [-0.39, 0.29) is 17.9 Å². The van der Waals surface area contributed by atoms with Gasteiger partial charge in [0.2, 0.25) is 0 Å². The number of thioether (sulfide) groups is 1. The molecule has 1 atom stereocenters. The molecule has 1 amide bonds. The zero-order chi connectivity index (χ0) is 17.4. The number of esters is 1. The second-order valence-electron chi connectivity index (χ2n) is 6.21. The molecular formula is C19H20N2O3S. The smallest absolute Gasteiger partial charge is 0.324 e. The minimum Gasteiger partial charge on any atom is -0.465 e. The van der Waals surface area contributed by atoms with Crippen molar-refractivity contribution in [2.45, 2.75) is 13.0 Å². The van der Waals surface area contributed by atoms with Crippen LogP contribution in [0.3, 0.4) is 0 Å². The van der Waals surface area contributed by atoms with Gasteiger partial charge in [-0.3, -0.25) is 19.4 Å². The van der Waals surface area contributed by atoms with Crippen LogP contribution in [0.1, 0.15) is 17.3 Å². The summed E-state index contributed by atoms with van der Waals surface area (Å²) in [5.74, 6) is 1.47. The lowest BCUT2D eigenvalue weighted by molar-refractivity contribution is -0.148. The molecule has 0 aliphatic carbocycles. The van der Waals surface area contributed by atoms with Gasteiger partial charge in [0.1, 0.15) is 6.04 Å². The number of amides is 1. The molecule has 2 aliphatic heterocycles. The van der Waals surface area contributed by atoms with Gasteiger partial charge in [0.05, 0.1) is 19.0 Å². The SMILES string of the molecule is CCOC(=O)[C@@H]1CSCCN1CN1C(=O)c2cccc3cccc1c23. The standard InChI is InChI=1S/C19H20N2O3S/c1-2-24-19(23)16-11-25-10-9-20(16)12-21-15-8-4-6-13-5-3-7-14(17(13)15)18(21)22/h3-8,16H,2,9-12H2,1H3/t16-/m0/s1. The number of hydrogen-bond acceptors (Lipinski definition) is 5. The third-order valence-corrected chi connectivity index (χ3v) is 5.79. The van der Waals surface area contributed by atoms with Crippen LogP contribution in [0.4, 0.5) is 5.69 Å². The summed E-state index contributed by atoms with van der Waals surface area (Å²) in [6, 6.07) is 11.5. The van der Waals surface area contributed by atoms with Crippen LogP contribution in [0.5, 0.6) is 0 Å². The van der Waals surface area contributed by atoms with Gasteiger partial charge in [-0.05, 0) is 24.4 Å². The fraction of sp³-hybridized carbons (Fsp3) is 0.368. The Hall–Kier alpha value is -2.05. The minimum absolute atomic E-state index is 0.00707. The van der Waals surface area contributed by atoms with E-state index in [0.717, 1.165) is 34.3 Å². The highest BCUT2D eigenvalue weighted by molar-refractivity contribution is 7.99. The molecule has 0 spiro atoms. The molecule has 6 heteroatoms. The summed E-state index contributed by atoms with van der Waals surface area (Å²) in [6.07, 6.45) is 0. The number of benzene rings is 2. The van der Waals surface area contributed by atoms with E-state index in [9.17, 15) is 9.59 Å². The lowest BCUT2D eigenvalue weighted by Crippen LogP contribution is -2.53. The van der Waals surface area contributed by atoms with Crippen molar-refractivity contribution < 1.29 is 14.3 Å². The molecule has 130 valence electrons. The van der Waals surface area contributed by atoms with Crippen LogP contribution in [0.25, 0.3) is 10.8 Å². The number of carbonyl (C=O) groups excluding carboxylic acids is 2. The van der Waals surface area contributed by atoms with Gasteiger partial charge in [-0.1, -0.05) is 24.3 Å². The molecule has 0 N–H and O–H groups in total. The summed E-state index contributed by atoms with van der Waals surface area (Å²) in [5, 5.41) is 2.08. The van der Waals surface area contributed by atoms with Crippen LogP contribution in [0, 0.1) is 0 Å². The normalized spacial score (nSPS) is 20.3. The Labute approximate surface area is 150 Å². The van der Waals surface area contributed by atoms with Crippen LogP contribution in [-0.4, -0.2) is 54.1 Å². The molecule has 0 bridgehead atoms. The number of anilines is 1. The molecule has 4 rings (SSSR count). The molecule has 2 aromatic rings. The first kappa shape index (κ1) is 16.4. The van der Waals surface area contributed by atoms with E-state index in [0.29, 0.717) is 19.0 Å². The van der Waals surface area contributed by atoms with E-state index in [1.165, 1.54) is 0 Å². The van der Waals surface area contributed by atoms with Crippen LogP contribution in [-0.2, 0) is 9.53 Å². The lowest BCUT2D eigenvalue weighted by Gasteiger charge is -2.36. The van der Waals surface area contributed by atoms with Crippen molar-refractivity contribution in [2.75, 3.05) is 36.2 Å². The van der Waals surface area contributed by atoms with Gasteiger partial charge in [0.15, 0.2) is 0 Å². The van der Waals surface area contributed by atoms with Crippen molar-refractivity contribution in [3.05, 3.63) is 42.0 Å². The number of ether oxygens (including phenoxy) is 1. The van der Waals surface area contributed by atoms with E-state index in [4.69, 9.17) is 4.74 Å². The first-order valence-electron chi connectivity index (χ1n) is 8.52. The molecule has 2 aliphatic rings. The van der Waals surface area contributed by atoms with E-state index in [1.54, 1.807) is 16.7 Å². The Morgan fingerprint density at radius 1 is 1.28 bits per heavy atom. The predicted molar refractivity (Wildman–Crippen MR) is 100 cm³/mol. The molecule has 2 heterocycles. The summed E-state index contributed by atoms with van der Waals surface area (Å²) in [6.45, 7) is 3.38. The van der Waals surface area contributed by atoms with Crippen molar-refractivity contribution in [3.8, 4) is 0 Å². The van der Waals surface area contributed by atoms with Gasteiger partial charge < -0.3 is 4.74 Å². The zero-order valence-corrected chi connectivity index (χ0v) is 14.9. The number of hydrogen-bond donors (Lipinski definition) is 0. The van der Waals surface area contributed by atoms with Crippen molar-refractivity contribution in [2.24, 2.45) is 0 Å². The van der Waals surface area contributed by atoms with Crippen LogP contribution < -0.4 is 4.90 Å². The van der Waals surface area contributed by atoms with Gasteiger partial charge >= 0.3 is 5.97 Å². The summed E-state index contributed by atoms with van der Waals surface area (Å²) in [5.41, 5.74) is 1.67. The Kier molecular flexibility index (Phi) is 4.39. The minimum atomic E-state index is -0.297. The van der Waals surface area contributed by atoms with Crippen molar-refractivity contribution >= 4 is 40.1 Å². The largest absolute Gasteiger partial charge is 0.465 e. The molecular weight excluding hydrogens is 336 g/mol. The predicted octanol–water partition coefficient (Wildman–Crippen LogP) is 2.74. The van der Waals surface area contributed by atoms with Crippen LogP contribution in [0.2, 0.25) is 0 Å². The van der Waals surface area contributed by atoms with Gasteiger partial charge in [-0.25, -0.2) is 0 Å². The van der Waals surface area contributed by atoms with E-state index >= 15 is 0 Å². The highest BCUT2D eigenvalue weighted by atomic mass is 32.2. The lowest BCUT2D eigenvalue weighted by atomic mass is 10.1. The third kappa shape index (κ3) is 2.79.